The maximum atomic E-state index is 11.9. The van der Waals surface area contributed by atoms with E-state index in [-0.39, 0.29) is 11.6 Å². The lowest BCUT2D eigenvalue weighted by molar-refractivity contribution is -0.156. The first-order valence-electron chi connectivity index (χ1n) is 7.77. The first-order chi connectivity index (χ1) is 8.85. The van der Waals surface area contributed by atoms with Gasteiger partial charge in [-0.2, -0.15) is 0 Å². The third-order valence-electron chi connectivity index (χ3n) is 4.54. The Bertz CT molecular complexity index is 307. The van der Waals surface area contributed by atoms with Gasteiger partial charge in [0.05, 0.1) is 0 Å². The summed E-state index contributed by atoms with van der Waals surface area (Å²) in [4.78, 5) is 11.9. The van der Waals surface area contributed by atoms with E-state index in [2.05, 4.69) is 0 Å². The standard InChI is InChI=1S/C16H29NO2/c1-16(2,3)19-15(18)9-13-5-11-4-12(6-13)8-14(7-11)10-17/h11-14H,4-10,17H2,1-3H3. The van der Waals surface area contributed by atoms with Crippen LogP contribution in [-0.4, -0.2) is 18.1 Å². The second-order valence-electron chi connectivity index (χ2n) is 7.67. The van der Waals surface area contributed by atoms with Gasteiger partial charge in [0.15, 0.2) is 0 Å². The van der Waals surface area contributed by atoms with Crippen LogP contribution in [-0.2, 0) is 9.53 Å². The fourth-order valence-electron chi connectivity index (χ4n) is 4.10. The SMILES string of the molecule is CC(C)(C)OC(=O)CC1CC2CC(CN)CC(C1)C2. The third kappa shape index (κ3) is 4.48. The highest BCUT2D eigenvalue weighted by molar-refractivity contribution is 5.70. The number of esters is 1. The molecule has 110 valence electrons. The minimum Gasteiger partial charge on any atom is -0.460 e. The van der Waals surface area contributed by atoms with Gasteiger partial charge in [-0.25, -0.2) is 0 Å². The molecule has 0 aromatic heterocycles. The molecule has 2 fully saturated rings. The molecule has 2 aliphatic carbocycles. The summed E-state index contributed by atoms with van der Waals surface area (Å²) in [6.45, 7) is 6.65. The number of fused-ring (bicyclic) bond motifs is 2. The molecule has 2 N–H and O–H groups in total. The molecule has 2 aliphatic rings. The summed E-state index contributed by atoms with van der Waals surface area (Å²) in [5.74, 6) is 2.85. The summed E-state index contributed by atoms with van der Waals surface area (Å²) in [7, 11) is 0. The second kappa shape index (κ2) is 5.82. The summed E-state index contributed by atoms with van der Waals surface area (Å²) in [6, 6.07) is 0. The molecular weight excluding hydrogens is 238 g/mol. The highest BCUT2D eigenvalue weighted by Crippen LogP contribution is 2.45. The van der Waals surface area contributed by atoms with Crippen molar-refractivity contribution in [1.82, 2.24) is 0 Å². The van der Waals surface area contributed by atoms with E-state index in [0.717, 1.165) is 24.3 Å². The van der Waals surface area contributed by atoms with Crippen LogP contribution in [0, 0.1) is 23.7 Å². The Morgan fingerprint density at radius 3 is 2.05 bits per heavy atom. The Morgan fingerprint density at radius 1 is 1.05 bits per heavy atom. The zero-order chi connectivity index (χ0) is 14.0. The van der Waals surface area contributed by atoms with Crippen LogP contribution >= 0.6 is 0 Å². The van der Waals surface area contributed by atoms with Gasteiger partial charge >= 0.3 is 5.97 Å². The molecule has 2 bridgehead atoms. The molecule has 0 amide bonds. The van der Waals surface area contributed by atoms with E-state index in [1.165, 1.54) is 32.1 Å². The average molecular weight is 267 g/mol. The molecule has 0 aromatic rings. The van der Waals surface area contributed by atoms with Gasteiger partial charge in [0.25, 0.3) is 0 Å². The van der Waals surface area contributed by atoms with Crippen molar-refractivity contribution < 1.29 is 9.53 Å². The van der Waals surface area contributed by atoms with Gasteiger partial charge in [-0.3, -0.25) is 4.79 Å². The number of carbonyl (C=O) groups excluding carboxylic acids is 1. The zero-order valence-electron chi connectivity index (χ0n) is 12.7. The van der Waals surface area contributed by atoms with E-state index in [1.807, 2.05) is 20.8 Å². The van der Waals surface area contributed by atoms with E-state index in [1.54, 1.807) is 0 Å². The van der Waals surface area contributed by atoms with Crippen LogP contribution in [0.1, 0.15) is 59.3 Å². The van der Waals surface area contributed by atoms with Crippen LogP contribution in [0.5, 0.6) is 0 Å². The van der Waals surface area contributed by atoms with Crippen LogP contribution in [0.25, 0.3) is 0 Å². The predicted octanol–water partition coefficient (Wildman–Crippen LogP) is 3.12. The van der Waals surface area contributed by atoms with Crippen LogP contribution in [0.4, 0.5) is 0 Å². The van der Waals surface area contributed by atoms with Crippen LogP contribution < -0.4 is 5.73 Å². The molecule has 2 unspecified atom stereocenters. The molecule has 2 atom stereocenters. The van der Waals surface area contributed by atoms with Crippen molar-refractivity contribution >= 4 is 5.97 Å². The molecule has 0 heterocycles. The molecule has 0 radical (unpaired) electrons. The number of ether oxygens (including phenoxy) is 1. The molecule has 0 aromatic carbocycles. The Labute approximate surface area is 117 Å². The summed E-state index contributed by atoms with van der Waals surface area (Å²) < 4.78 is 5.45. The van der Waals surface area contributed by atoms with Crippen molar-refractivity contribution in [3.8, 4) is 0 Å². The normalized spacial score (nSPS) is 34.9. The highest BCUT2D eigenvalue weighted by Gasteiger charge is 2.36. The molecule has 3 nitrogen and oxygen atoms in total. The van der Waals surface area contributed by atoms with Gasteiger partial charge in [-0.15, -0.1) is 0 Å². The lowest BCUT2D eigenvalue weighted by Gasteiger charge is -2.42. The van der Waals surface area contributed by atoms with Crippen LogP contribution in [0.15, 0.2) is 0 Å². The molecule has 0 aliphatic heterocycles. The third-order valence-corrected chi connectivity index (χ3v) is 4.54. The Morgan fingerprint density at radius 2 is 1.58 bits per heavy atom. The smallest absolute Gasteiger partial charge is 0.306 e. The maximum Gasteiger partial charge on any atom is 0.306 e. The Hall–Kier alpha value is -0.570. The van der Waals surface area contributed by atoms with Gasteiger partial charge in [-0.1, -0.05) is 0 Å². The van der Waals surface area contributed by atoms with E-state index in [0.29, 0.717) is 12.3 Å². The van der Waals surface area contributed by atoms with E-state index < -0.39 is 0 Å². The Balaban J connectivity index is 1.83. The fraction of sp³-hybridized carbons (Fsp3) is 0.938. The monoisotopic (exact) mass is 267 g/mol. The zero-order valence-corrected chi connectivity index (χ0v) is 12.7. The number of hydrogen-bond donors (Lipinski definition) is 1. The fourth-order valence-corrected chi connectivity index (χ4v) is 4.10. The van der Waals surface area contributed by atoms with Crippen molar-refractivity contribution in [3.05, 3.63) is 0 Å². The summed E-state index contributed by atoms with van der Waals surface area (Å²) in [5, 5.41) is 0. The van der Waals surface area contributed by atoms with Crippen molar-refractivity contribution in [2.45, 2.75) is 64.9 Å². The molecule has 3 heteroatoms. The first kappa shape index (κ1) is 14.8. The second-order valence-corrected chi connectivity index (χ2v) is 7.67. The quantitative estimate of drug-likeness (QED) is 0.799. The molecular formula is C16H29NO2. The summed E-state index contributed by atoms with van der Waals surface area (Å²) >= 11 is 0. The highest BCUT2D eigenvalue weighted by atomic mass is 16.6. The lowest BCUT2D eigenvalue weighted by Crippen LogP contribution is -2.35. The van der Waals surface area contributed by atoms with Crippen LogP contribution in [0.3, 0.4) is 0 Å². The van der Waals surface area contributed by atoms with Crippen molar-refractivity contribution in [3.63, 3.8) is 0 Å². The first-order valence-corrected chi connectivity index (χ1v) is 7.77. The van der Waals surface area contributed by atoms with Crippen molar-refractivity contribution in [2.24, 2.45) is 29.4 Å². The van der Waals surface area contributed by atoms with Gasteiger partial charge in [0.1, 0.15) is 5.60 Å². The van der Waals surface area contributed by atoms with Gasteiger partial charge < -0.3 is 10.5 Å². The largest absolute Gasteiger partial charge is 0.460 e. The van der Waals surface area contributed by atoms with Gasteiger partial charge in [-0.05, 0) is 83.1 Å². The van der Waals surface area contributed by atoms with E-state index in [9.17, 15) is 4.79 Å². The van der Waals surface area contributed by atoms with Gasteiger partial charge in [0, 0.05) is 6.42 Å². The number of carbonyl (C=O) groups is 1. The maximum absolute atomic E-state index is 11.9. The van der Waals surface area contributed by atoms with Crippen molar-refractivity contribution in [2.75, 3.05) is 6.54 Å². The minimum absolute atomic E-state index is 0.0205. The molecule has 0 spiro atoms. The average Bonchev–Trinajstić information content (AvgIpc) is 2.24. The molecule has 19 heavy (non-hydrogen) atoms. The number of nitrogens with two attached hydrogens (primary N) is 1. The lowest BCUT2D eigenvalue weighted by atomic mass is 9.64. The van der Waals surface area contributed by atoms with E-state index in [4.69, 9.17) is 10.5 Å². The minimum atomic E-state index is -0.355. The van der Waals surface area contributed by atoms with E-state index >= 15 is 0 Å². The topological polar surface area (TPSA) is 52.3 Å². The predicted molar refractivity (Wildman–Crippen MR) is 76.6 cm³/mol. The number of rotatable bonds is 3. The summed E-state index contributed by atoms with van der Waals surface area (Å²) in [5.41, 5.74) is 5.46. The summed E-state index contributed by atoms with van der Waals surface area (Å²) in [6.07, 6.45) is 6.92. The van der Waals surface area contributed by atoms with Crippen LogP contribution in [0.2, 0.25) is 0 Å². The molecule has 0 saturated heterocycles. The van der Waals surface area contributed by atoms with Crippen molar-refractivity contribution in [1.29, 1.82) is 0 Å². The molecule has 2 saturated carbocycles. The van der Waals surface area contributed by atoms with Gasteiger partial charge in [0.2, 0.25) is 0 Å². The molecule has 2 rings (SSSR count). The number of hydrogen-bond acceptors (Lipinski definition) is 3. The Kier molecular flexibility index (Phi) is 4.54.